The molecule has 0 saturated carbocycles. The van der Waals surface area contributed by atoms with Gasteiger partial charge in [-0.05, 0) is 48.7 Å². The van der Waals surface area contributed by atoms with Crippen LogP contribution in [0, 0.1) is 0 Å². The lowest BCUT2D eigenvalue weighted by Crippen LogP contribution is -2.37. The molecule has 1 aromatic carbocycles. The van der Waals surface area contributed by atoms with Crippen LogP contribution in [0.2, 0.25) is 0 Å². The van der Waals surface area contributed by atoms with E-state index in [0.717, 1.165) is 68.0 Å². The first kappa shape index (κ1) is 24.3. The number of likely N-dealkylation sites (tertiary alicyclic amines) is 1. The number of ether oxygens (including phenoxy) is 2. The van der Waals surface area contributed by atoms with E-state index in [2.05, 4.69) is 30.5 Å². The number of anilines is 1. The second-order valence-corrected chi connectivity index (χ2v) is 9.61. The van der Waals surface area contributed by atoms with Gasteiger partial charge >= 0.3 is 6.09 Å². The fourth-order valence-electron chi connectivity index (χ4n) is 5.17. The Balaban J connectivity index is 1.29. The van der Waals surface area contributed by atoms with Gasteiger partial charge in [-0.25, -0.2) is 19.4 Å². The Kier molecular flexibility index (Phi) is 6.84. The monoisotopic (exact) mass is 514 g/mol. The SMILES string of the molecule is NC(=O)Oc1ccc(-c2ncc3c(N4CCOCC4)nn(C4CCN(Cc5cccnc5)CC4)c3n2)cc1. The summed E-state index contributed by atoms with van der Waals surface area (Å²) in [5.41, 5.74) is 8.00. The molecule has 3 aromatic heterocycles. The molecular weight excluding hydrogens is 484 g/mol. The number of carbonyl (C=O) groups excluding carboxylic acids is 1. The summed E-state index contributed by atoms with van der Waals surface area (Å²) in [7, 11) is 0. The molecule has 11 heteroatoms. The quantitative estimate of drug-likeness (QED) is 0.413. The van der Waals surface area contributed by atoms with Gasteiger partial charge in [-0.1, -0.05) is 6.07 Å². The van der Waals surface area contributed by atoms with Crippen molar-refractivity contribution in [2.24, 2.45) is 5.73 Å². The van der Waals surface area contributed by atoms with Crippen molar-refractivity contribution in [2.75, 3.05) is 44.3 Å². The van der Waals surface area contributed by atoms with Crippen molar-refractivity contribution in [3.63, 3.8) is 0 Å². The number of primary amides is 1. The third-order valence-electron chi connectivity index (χ3n) is 7.10. The maximum Gasteiger partial charge on any atom is 0.409 e. The zero-order valence-corrected chi connectivity index (χ0v) is 21.1. The molecule has 2 aliphatic heterocycles. The Bertz CT molecular complexity index is 1400. The molecule has 2 aliphatic rings. The van der Waals surface area contributed by atoms with Crippen molar-refractivity contribution in [3.8, 4) is 17.1 Å². The first-order valence-corrected chi connectivity index (χ1v) is 12.9. The van der Waals surface area contributed by atoms with Crippen LogP contribution in [0.15, 0.2) is 55.0 Å². The molecule has 0 aliphatic carbocycles. The van der Waals surface area contributed by atoms with E-state index in [9.17, 15) is 4.79 Å². The summed E-state index contributed by atoms with van der Waals surface area (Å²) in [4.78, 5) is 29.7. The highest BCUT2D eigenvalue weighted by Crippen LogP contribution is 2.33. The number of morpholine rings is 1. The number of hydrogen-bond donors (Lipinski definition) is 1. The van der Waals surface area contributed by atoms with E-state index in [0.29, 0.717) is 24.8 Å². The average molecular weight is 515 g/mol. The van der Waals surface area contributed by atoms with Gasteiger partial charge in [-0.2, -0.15) is 5.10 Å². The molecule has 0 spiro atoms. The predicted molar refractivity (Wildman–Crippen MR) is 142 cm³/mol. The van der Waals surface area contributed by atoms with Gasteiger partial charge < -0.3 is 20.1 Å². The summed E-state index contributed by atoms with van der Waals surface area (Å²) >= 11 is 0. The van der Waals surface area contributed by atoms with Crippen LogP contribution in [0.3, 0.4) is 0 Å². The number of carbonyl (C=O) groups is 1. The second-order valence-electron chi connectivity index (χ2n) is 9.61. The van der Waals surface area contributed by atoms with Gasteiger partial charge in [0, 0.05) is 56.9 Å². The van der Waals surface area contributed by atoms with Gasteiger partial charge in [0.15, 0.2) is 17.3 Å². The number of benzene rings is 1. The van der Waals surface area contributed by atoms with Crippen LogP contribution in [0.5, 0.6) is 5.75 Å². The minimum Gasteiger partial charge on any atom is -0.411 e. The first-order valence-electron chi connectivity index (χ1n) is 12.9. The molecule has 2 N–H and O–H groups in total. The van der Waals surface area contributed by atoms with E-state index in [1.165, 1.54) is 5.56 Å². The molecule has 4 aromatic rings. The molecule has 6 rings (SSSR count). The summed E-state index contributed by atoms with van der Waals surface area (Å²) in [6.07, 6.45) is 6.74. The first-order chi connectivity index (χ1) is 18.6. The minimum atomic E-state index is -0.846. The van der Waals surface area contributed by atoms with Crippen molar-refractivity contribution in [2.45, 2.75) is 25.4 Å². The van der Waals surface area contributed by atoms with Gasteiger partial charge in [0.05, 0.1) is 24.6 Å². The topological polar surface area (TPSA) is 125 Å². The highest BCUT2D eigenvalue weighted by Gasteiger charge is 2.27. The Morgan fingerprint density at radius 1 is 1.05 bits per heavy atom. The third kappa shape index (κ3) is 5.15. The highest BCUT2D eigenvalue weighted by atomic mass is 16.5. The molecule has 1 amide bonds. The number of nitrogens with two attached hydrogens (primary N) is 1. The Labute approximate surface area is 220 Å². The van der Waals surface area contributed by atoms with Crippen LogP contribution in [0.4, 0.5) is 10.6 Å². The van der Waals surface area contributed by atoms with E-state index >= 15 is 0 Å². The zero-order valence-electron chi connectivity index (χ0n) is 21.1. The van der Waals surface area contributed by atoms with Crippen LogP contribution in [0.1, 0.15) is 24.4 Å². The lowest BCUT2D eigenvalue weighted by Gasteiger charge is -2.32. The highest BCUT2D eigenvalue weighted by molar-refractivity contribution is 5.88. The molecule has 2 saturated heterocycles. The molecule has 0 unspecified atom stereocenters. The van der Waals surface area contributed by atoms with Crippen molar-refractivity contribution in [1.29, 1.82) is 0 Å². The van der Waals surface area contributed by atoms with Crippen LogP contribution in [-0.4, -0.2) is 75.1 Å². The maximum atomic E-state index is 11.1. The zero-order chi connectivity index (χ0) is 25.9. The van der Waals surface area contributed by atoms with Crippen LogP contribution in [0.25, 0.3) is 22.4 Å². The van der Waals surface area contributed by atoms with E-state index in [1.807, 2.05) is 36.8 Å². The predicted octanol–water partition coefficient (Wildman–Crippen LogP) is 3.02. The number of aromatic nitrogens is 5. The van der Waals surface area contributed by atoms with Crippen LogP contribution >= 0.6 is 0 Å². The molecule has 2 fully saturated rings. The standard InChI is InChI=1S/C27H30N8O3/c28-27(36)38-22-5-3-20(4-6-22)24-30-17-23-25(31-24)35(32-26(23)34-12-14-37-15-13-34)21-7-10-33(11-8-21)18-19-2-1-9-29-16-19/h1-6,9,16-17,21H,7-8,10-15,18H2,(H2,28,36). The number of hydrogen-bond acceptors (Lipinski definition) is 9. The van der Waals surface area contributed by atoms with Crippen molar-refractivity contribution < 1.29 is 14.3 Å². The Morgan fingerprint density at radius 3 is 2.55 bits per heavy atom. The maximum absolute atomic E-state index is 11.1. The molecule has 196 valence electrons. The third-order valence-corrected chi connectivity index (χ3v) is 7.10. The number of fused-ring (bicyclic) bond motifs is 1. The molecule has 0 bridgehead atoms. The number of piperidine rings is 1. The van der Waals surface area contributed by atoms with Crippen LogP contribution in [-0.2, 0) is 11.3 Å². The number of amides is 1. The molecule has 38 heavy (non-hydrogen) atoms. The summed E-state index contributed by atoms with van der Waals surface area (Å²) < 4.78 is 12.6. The second kappa shape index (κ2) is 10.7. The summed E-state index contributed by atoms with van der Waals surface area (Å²) in [6, 6.07) is 11.4. The van der Waals surface area contributed by atoms with Gasteiger partial charge in [0.25, 0.3) is 0 Å². The lowest BCUT2D eigenvalue weighted by molar-refractivity contribution is 0.122. The van der Waals surface area contributed by atoms with Gasteiger partial charge in [-0.3, -0.25) is 9.88 Å². The van der Waals surface area contributed by atoms with E-state index in [1.54, 1.807) is 12.1 Å². The Morgan fingerprint density at radius 2 is 1.84 bits per heavy atom. The van der Waals surface area contributed by atoms with Crippen molar-refractivity contribution in [1.82, 2.24) is 29.6 Å². The van der Waals surface area contributed by atoms with Crippen LogP contribution < -0.4 is 15.4 Å². The van der Waals surface area contributed by atoms with Crippen molar-refractivity contribution >= 4 is 22.9 Å². The smallest absolute Gasteiger partial charge is 0.409 e. The molecular formula is C27H30N8O3. The summed E-state index contributed by atoms with van der Waals surface area (Å²) in [6.45, 7) is 5.80. The minimum absolute atomic E-state index is 0.242. The fourth-order valence-corrected chi connectivity index (χ4v) is 5.17. The van der Waals surface area contributed by atoms with Gasteiger partial charge in [-0.15, -0.1) is 0 Å². The van der Waals surface area contributed by atoms with E-state index in [4.69, 9.17) is 25.3 Å². The number of rotatable bonds is 6. The molecule has 0 atom stereocenters. The molecule has 5 heterocycles. The summed E-state index contributed by atoms with van der Waals surface area (Å²) in [5.74, 6) is 1.88. The van der Waals surface area contributed by atoms with Gasteiger partial charge in [0.1, 0.15) is 5.75 Å². The normalized spacial score (nSPS) is 17.1. The molecule has 11 nitrogen and oxygen atoms in total. The molecule has 0 radical (unpaired) electrons. The Hall–Kier alpha value is -4.09. The van der Waals surface area contributed by atoms with Crippen molar-refractivity contribution in [3.05, 3.63) is 60.6 Å². The van der Waals surface area contributed by atoms with E-state index < -0.39 is 6.09 Å². The number of nitrogens with zero attached hydrogens (tertiary/aromatic N) is 7. The lowest BCUT2D eigenvalue weighted by atomic mass is 10.0. The number of pyridine rings is 1. The fraction of sp³-hybridized carbons (Fsp3) is 0.370. The van der Waals surface area contributed by atoms with Gasteiger partial charge in [0.2, 0.25) is 0 Å². The summed E-state index contributed by atoms with van der Waals surface area (Å²) in [5, 5.41) is 6.06. The average Bonchev–Trinajstić information content (AvgIpc) is 3.34. The largest absolute Gasteiger partial charge is 0.411 e. The van der Waals surface area contributed by atoms with E-state index in [-0.39, 0.29) is 6.04 Å².